The molecule has 41 heavy (non-hydrogen) atoms. The number of quaternary nitrogens is 1. The van der Waals surface area contributed by atoms with E-state index in [1.807, 2.05) is 24.3 Å². The first-order valence-electron chi connectivity index (χ1n) is 16.1. The highest BCUT2D eigenvalue weighted by atomic mass is 31.2. The van der Waals surface area contributed by atoms with E-state index in [0.29, 0.717) is 12.8 Å². The van der Waals surface area contributed by atoms with Crippen LogP contribution >= 0.6 is 7.82 Å². The fraction of sp³-hybridized carbons (Fsp3) is 0.788. The second-order valence-electron chi connectivity index (χ2n) is 12.7. The number of phosphoric acid groups is 1. The van der Waals surface area contributed by atoms with Gasteiger partial charge in [0.25, 0.3) is 0 Å². The summed E-state index contributed by atoms with van der Waals surface area (Å²) in [6.45, 7) is 5.64. The van der Waals surface area contributed by atoms with Crippen LogP contribution in [-0.4, -0.2) is 62.7 Å². The maximum absolute atomic E-state index is 12.3. The molecule has 0 aliphatic heterocycles. The number of hydrogen-bond donors (Lipinski definition) is 1. The van der Waals surface area contributed by atoms with Crippen molar-refractivity contribution in [3.8, 4) is 5.75 Å². The molecular formula is C33H61NO6P+. The van der Waals surface area contributed by atoms with Gasteiger partial charge in [-0.3, -0.25) is 9.05 Å². The van der Waals surface area contributed by atoms with Gasteiger partial charge in [0.05, 0.1) is 47.5 Å². The number of carbonyl (C=O) groups excluding carboxylic acids is 1. The van der Waals surface area contributed by atoms with E-state index in [1.54, 1.807) is 0 Å². The lowest BCUT2D eigenvalue weighted by atomic mass is 9.95. The molecule has 0 radical (unpaired) electrons. The lowest BCUT2D eigenvalue weighted by Gasteiger charge is -2.23. The van der Waals surface area contributed by atoms with Crippen molar-refractivity contribution in [1.29, 1.82) is 0 Å². The molecule has 0 aliphatic rings. The lowest BCUT2D eigenvalue weighted by Crippen LogP contribution is -2.35. The Morgan fingerprint density at radius 1 is 0.805 bits per heavy atom. The van der Waals surface area contributed by atoms with E-state index in [9.17, 15) is 14.3 Å². The summed E-state index contributed by atoms with van der Waals surface area (Å²) in [6.07, 6.45) is 18.3. The average molecular weight is 599 g/mol. The summed E-state index contributed by atoms with van der Waals surface area (Å²) >= 11 is 0. The number of benzene rings is 1. The molecule has 0 heterocycles. The third-order valence-corrected chi connectivity index (χ3v) is 8.23. The molecule has 1 aromatic carbocycles. The van der Waals surface area contributed by atoms with Crippen molar-refractivity contribution >= 4 is 13.6 Å². The van der Waals surface area contributed by atoms with Gasteiger partial charge in [-0.25, -0.2) is 4.57 Å². The Balaban J connectivity index is 2.27. The van der Waals surface area contributed by atoms with Gasteiger partial charge in [0.15, 0.2) is 0 Å². The van der Waals surface area contributed by atoms with Gasteiger partial charge >= 0.3 is 7.82 Å². The summed E-state index contributed by atoms with van der Waals surface area (Å²) < 4.78 is 29.5. The number of phosphoric ester groups is 1. The molecule has 0 saturated heterocycles. The van der Waals surface area contributed by atoms with Gasteiger partial charge in [-0.1, -0.05) is 89.7 Å². The summed E-state index contributed by atoms with van der Waals surface area (Å²) in [4.78, 5) is 21.9. The Labute approximate surface area is 251 Å². The number of rotatable bonds is 27. The molecule has 2 unspecified atom stereocenters. The van der Waals surface area contributed by atoms with Gasteiger partial charge in [-0.2, -0.15) is 0 Å². The second-order valence-corrected chi connectivity index (χ2v) is 14.1. The Hall–Kier alpha value is -1.24. The summed E-state index contributed by atoms with van der Waals surface area (Å²) in [7, 11) is 2.17. The minimum Gasteiger partial charge on any atom is -0.494 e. The molecule has 0 aliphatic carbocycles. The fourth-order valence-electron chi connectivity index (χ4n) is 4.89. The van der Waals surface area contributed by atoms with Crippen LogP contribution in [0.15, 0.2) is 24.3 Å². The molecule has 1 aromatic rings. The molecule has 1 N–H and O–H groups in total. The van der Waals surface area contributed by atoms with E-state index < -0.39 is 7.82 Å². The molecule has 7 nitrogen and oxygen atoms in total. The lowest BCUT2D eigenvalue weighted by molar-refractivity contribution is -0.870. The van der Waals surface area contributed by atoms with Crippen LogP contribution in [0.25, 0.3) is 0 Å². The normalized spacial score (nSPS) is 14.1. The van der Waals surface area contributed by atoms with E-state index in [2.05, 4.69) is 28.1 Å². The fourth-order valence-corrected chi connectivity index (χ4v) is 5.72. The maximum atomic E-state index is 12.3. The molecule has 0 amide bonds. The molecular weight excluding hydrogens is 537 g/mol. The third kappa shape index (κ3) is 23.0. The van der Waals surface area contributed by atoms with E-state index in [-0.39, 0.29) is 31.3 Å². The van der Waals surface area contributed by atoms with Crippen molar-refractivity contribution in [2.75, 3.05) is 47.5 Å². The standard InChI is InChI=1S/C33H60NO6P/c1-6-7-8-9-10-11-12-13-14-15-16-18-25-38-33-22-20-31(21-23-33)28-32(27-30(2)35)29-40-41(36,37)39-26-19-17-24-34(3,4)5/h20-23,32H,6-19,24-29H2,1-5H3/p+1. The maximum Gasteiger partial charge on any atom is 0.472 e. The van der Waals surface area contributed by atoms with E-state index in [1.165, 1.54) is 77.6 Å². The number of unbranched alkanes of at least 4 members (excludes halogenated alkanes) is 12. The van der Waals surface area contributed by atoms with Crippen molar-refractivity contribution in [1.82, 2.24) is 0 Å². The van der Waals surface area contributed by atoms with Crippen molar-refractivity contribution in [3.05, 3.63) is 29.8 Å². The average Bonchev–Trinajstić information content (AvgIpc) is 2.90. The first-order valence-corrected chi connectivity index (χ1v) is 17.6. The molecule has 0 fully saturated rings. The number of carbonyl (C=O) groups is 1. The molecule has 8 heteroatoms. The van der Waals surface area contributed by atoms with Gasteiger partial charge in [0.1, 0.15) is 11.5 Å². The number of ether oxygens (including phenoxy) is 1. The van der Waals surface area contributed by atoms with E-state index >= 15 is 0 Å². The monoisotopic (exact) mass is 598 g/mol. The van der Waals surface area contributed by atoms with Gasteiger partial charge in [-0.05, 0) is 56.2 Å². The zero-order valence-corrected chi connectivity index (χ0v) is 27.8. The zero-order chi connectivity index (χ0) is 30.4. The molecule has 238 valence electrons. The topological polar surface area (TPSA) is 82.1 Å². The molecule has 0 aromatic heterocycles. The molecule has 2 atom stereocenters. The molecule has 1 rings (SSSR count). The van der Waals surface area contributed by atoms with Crippen LogP contribution in [-0.2, 0) is 24.8 Å². The van der Waals surface area contributed by atoms with Gasteiger partial charge in [0, 0.05) is 6.42 Å². The van der Waals surface area contributed by atoms with Crippen LogP contribution in [0.4, 0.5) is 0 Å². The smallest absolute Gasteiger partial charge is 0.472 e. The van der Waals surface area contributed by atoms with Crippen molar-refractivity contribution in [3.63, 3.8) is 0 Å². The zero-order valence-electron chi connectivity index (χ0n) is 26.9. The van der Waals surface area contributed by atoms with Crippen LogP contribution < -0.4 is 4.74 Å². The Bertz CT molecular complexity index is 839. The predicted octanol–water partition coefficient (Wildman–Crippen LogP) is 8.52. The van der Waals surface area contributed by atoms with Crippen LogP contribution in [0.1, 0.15) is 116 Å². The first-order chi connectivity index (χ1) is 19.5. The summed E-state index contributed by atoms with van der Waals surface area (Å²) in [5.74, 6) is 0.660. The molecule has 0 spiro atoms. The van der Waals surface area contributed by atoms with Crippen molar-refractivity contribution in [2.45, 2.75) is 117 Å². The summed E-state index contributed by atoms with van der Waals surface area (Å²) in [6, 6.07) is 7.90. The Morgan fingerprint density at radius 2 is 1.34 bits per heavy atom. The number of hydrogen-bond acceptors (Lipinski definition) is 5. The third-order valence-electron chi connectivity index (χ3n) is 7.24. The quantitative estimate of drug-likeness (QED) is 0.0621. The SMILES string of the molecule is CCCCCCCCCCCCCCOc1ccc(CC(COP(=O)(O)OCCCC[N+](C)(C)C)CC(C)=O)cc1. The van der Waals surface area contributed by atoms with Gasteiger partial charge in [0.2, 0.25) is 0 Å². The van der Waals surface area contributed by atoms with E-state index in [0.717, 1.165) is 41.8 Å². The van der Waals surface area contributed by atoms with Crippen LogP contribution in [0, 0.1) is 5.92 Å². The van der Waals surface area contributed by atoms with Crippen LogP contribution in [0.5, 0.6) is 5.75 Å². The largest absolute Gasteiger partial charge is 0.494 e. The van der Waals surface area contributed by atoms with Crippen LogP contribution in [0.2, 0.25) is 0 Å². The summed E-state index contributed by atoms with van der Waals surface area (Å²) in [5, 5.41) is 0. The number of nitrogens with zero attached hydrogens (tertiary/aromatic N) is 1. The molecule has 0 bridgehead atoms. The minimum atomic E-state index is -4.15. The van der Waals surface area contributed by atoms with Crippen molar-refractivity contribution in [2.24, 2.45) is 5.92 Å². The highest BCUT2D eigenvalue weighted by Gasteiger charge is 2.24. The Kier molecular flexibility index (Phi) is 20.6. The highest BCUT2D eigenvalue weighted by Crippen LogP contribution is 2.44. The Morgan fingerprint density at radius 3 is 1.88 bits per heavy atom. The number of Topliss-reactive ketones (excluding diaryl/α,β-unsaturated/α-hetero) is 1. The summed E-state index contributed by atoms with van der Waals surface area (Å²) in [5.41, 5.74) is 1.03. The minimum absolute atomic E-state index is 0.0105. The molecule has 0 saturated carbocycles. The van der Waals surface area contributed by atoms with Crippen LogP contribution in [0.3, 0.4) is 0 Å². The van der Waals surface area contributed by atoms with Gasteiger partial charge in [-0.15, -0.1) is 0 Å². The number of ketones is 1. The van der Waals surface area contributed by atoms with Gasteiger partial charge < -0.3 is 18.9 Å². The second kappa shape index (κ2) is 22.3. The predicted molar refractivity (Wildman–Crippen MR) is 169 cm³/mol. The first kappa shape index (κ1) is 37.8. The van der Waals surface area contributed by atoms with E-state index in [4.69, 9.17) is 13.8 Å². The highest BCUT2D eigenvalue weighted by molar-refractivity contribution is 7.47. The van der Waals surface area contributed by atoms with Crippen molar-refractivity contribution < 1.29 is 32.5 Å².